The van der Waals surface area contributed by atoms with Gasteiger partial charge >= 0.3 is 0 Å². The Labute approximate surface area is 107 Å². The van der Waals surface area contributed by atoms with Gasteiger partial charge in [-0.15, -0.1) is 0 Å². The van der Waals surface area contributed by atoms with Gasteiger partial charge in [-0.3, -0.25) is 0 Å². The molecule has 1 aromatic rings. The summed E-state index contributed by atoms with van der Waals surface area (Å²) in [6.07, 6.45) is 0.104. The average Bonchev–Trinajstić information content (AvgIpc) is 2.28. The molecule has 18 heavy (non-hydrogen) atoms. The van der Waals surface area contributed by atoms with Gasteiger partial charge in [0.1, 0.15) is 5.82 Å². The molecule has 1 rings (SSSR count). The maximum atomic E-state index is 13.1. The number of nitrogens with zero attached hydrogens (tertiary/aromatic N) is 2. The minimum Gasteiger partial charge on any atom is -0.207 e. The third-order valence-corrected chi connectivity index (χ3v) is 4.49. The molecule has 6 heteroatoms. The van der Waals surface area contributed by atoms with Crippen LogP contribution in [-0.4, -0.2) is 25.3 Å². The fourth-order valence-electron chi connectivity index (χ4n) is 1.58. The molecular weight excluding hydrogens is 255 g/mol. The van der Waals surface area contributed by atoms with Gasteiger partial charge in [-0.2, -0.15) is 9.57 Å². The summed E-state index contributed by atoms with van der Waals surface area (Å²) in [6.45, 7) is 3.54. The molecule has 0 amide bonds. The fourth-order valence-corrected chi connectivity index (χ4v) is 3.25. The topological polar surface area (TPSA) is 61.2 Å². The quantitative estimate of drug-likeness (QED) is 0.823. The molecule has 0 saturated carbocycles. The zero-order chi connectivity index (χ0) is 13.8. The average molecular weight is 270 g/mol. The van der Waals surface area contributed by atoms with Gasteiger partial charge in [0.15, 0.2) is 0 Å². The Kier molecular flexibility index (Phi) is 4.82. The predicted octanol–water partition coefficient (Wildman–Crippen LogP) is 2.14. The number of halogens is 1. The number of nitriles is 1. The molecule has 4 nitrogen and oxygen atoms in total. The van der Waals surface area contributed by atoms with E-state index in [9.17, 15) is 12.8 Å². The summed E-state index contributed by atoms with van der Waals surface area (Å²) in [4.78, 5) is -0.0888. The summed E-state index contributed by atoms with van der Waals surface area (Å²) in [6, 6.07) is 6.49. The maximum Gasteiger partial charge on any atom is 0.243 e. The molecule has 0 saturated heterocycles. The van der Waals surface area contributed by atoms with Crippen LogP contribution in [0, 0.1) is 17.1 Å². The summed E-state index contributed by atoms with van der Waals surface area (Å²) in [5, 5.41) is 8.55. The van der Waals surface area contributed by atoms with Crippen molar-refractivity contribution in [3.05, 3.63) is 30.1 Å². The molecule has 0 aliphatic carbocycles. The van der Waals surface area contributed by atoms with Crippen molar-refractivity contribution in [1.82, 2.24) is 4.31 Å². The Hall–Kier alpha value is -1.45. The Morgan fingerprint density at radius 1 is 1.44 bits per heavy atom. The van der Waals surface area contributed by atoms with Crippen molar-refractivity contribution in [2.75, 3.05) is 6.54 Å². The maximum absolute atomic E-state index is 13.1. The van der Waals surface area contributed by atoms with Crippen LogP contribution in [0.15, 0.2) is 29.2 Å². The van der Waals surface area contributed by atoms with Crippen LogP contribution < -0.4 is 0 Å². The van der Waals surface area contributed by atoms with Crippen molar-refractivity contribution in [2.24, 2.45) is 0 Å². The van der Waals surface area contributed by atoms with E-state index in [1.807, 2.05) is 6.07 Å². The van der Waals surface area contributed by atoms with Crippen LogP contribution in [0.5, 0.6) is 0 Å². The van der Waals surface area contributed by atoms with Crippen molar-refractivity contribution < 1.29 is 12.8 Å². The smallest absolute Gasteiger partial charge is 0.207 e. The van der Waals surface area contributed by atoms with E-state index >= 15 is 0 Å². The van der Waals surface area contributed by atoms with Crippen LogP contribution in [0.3, 0.4) is 0 Å². The molecule has 1 aromatic carbocycles. The van der Waals surface area contributed by atoms with Gasteiger partial charge in [0, 0.05) is 19.0 Å². The molecule has 0 unspecified atom stereocenters. The molecule has 0 atom stereocenters. The molecule has 0 spiro atoms. The first-order valence-corrected chi connectivity index (χ1v) is 6.98. The summed E-state index contributed by atoms with van der Waals surface area (Å²) >= 11 is 0. The molecule has 0 fully saturated rings. The molecule has 0 aromatic heterocycles. The number of hydrogen-bond acceptors (Lipinski definition) is 3. The molecule has 0 bridgehead atoms. The second-order valence-electron chi connectivity index (χ2n) is 4.07. The van der Waals surface area contributed by atoms with Crippen LogP contribution >= 0.6 is 0 Å². The SMILES string of the molecule is CC(C)N(CCC#N)S(=O)(=O)c1cccc(F)c1. The van der Waals surface area contributed by atoms with Gasteiger partial charge in [0.2, 0.25) is 10.0 Å². The minimum absolute atomic E-state index is 0.0888. The van der Waals surface area contributed by atoms with Gasteiger partial charge < -0.3 is 0 Å². The third-order valence-electron chi connectivity index (χ3n) is 2.42. The predicted molar refractivity (Wildman–Crippen MR) is 65.7 cm³/mol. The van der Waals surface area contributed by atoms with E-state index in [1.54, 1.807) is 13.8 Å². The molecule has 0 aliphatic heterocycles. The number of rotatable bonds is 5. The number of hydrogen-bond donors (Lipinski definition) is 0. The van der Waals surface area contributed by atoms with Crippen molar-refractivity contribution in [1.29, 1.82) is 5.26 Å². The first-order valence-electron chi connectivity index (χ1n) is 5.54. The Morgan fingerprint density at radius 2 is 2.11 bits per heavy atom. The molecule has 98 valence electrons. The van der Waals surface area contributed by atoms with Crippen molar-refractivity contribution in [3.63, 3.8) is 0 Å². The molecular formula is C12H15FN2O2S. The highest BCUT2D eigenvalue weighted by molar-refractivity contribution is 7.89. The second-order valence-corrected chi connectivity index (χ2v) is 5.97. The fraction of sp³-hybridized carbons (Fsp3) is 0.417. The summed E-state index contributed by atoms with van der Waals surface area (Å²) in [5.74, 6) is -0.597. The first-order chi connectivity index (χ1) is 8.39. The molecule has 0 N–H and O–H groups in total. The number of sulfonamides is 1. The Bertz CT molecular complexity index is 549. The lowest BCUT2D eigenvalue weighted by Gasteiger charge is -2.24. The Balaban J connectivity index is 3.14. The summed E-state index contributed by atoms with van der Waals surface area (Å²) in [7, 11) is -3.75. The Morgan fingerprint density at radius 3 is 2.61 bits per heavy atom. The van der Waals surface area contributed by atoms with Gasteiger partial charge in [-0.25, -0.2) is 12.8 Å². The highest BCUT2D eigenvalue weighted by Gasteiger charge is 2.26. The van der Waals surface area contributed by atoms with Crippen LogP contribution in [0.2, 0.25) is 0 Å². The van der Waals surface area contributed by atoms with Crippen LogP contribution in [0.25, 0.3) is 0 Å². The van der Waals surface area contributed by atoms with Crippen LogP contribution in [0.1, 0.15) is 20.3 Å². The van der Waals surface area contributed by atoms with Crippen LogP contribution in [0.4, 0.5) is 4.39 Å². The summed E-state index contributed by atoms with van der Waals surface area (Å²) in [5.41, 5.74) is 0. The van der Waals surface area contributed by atoms with E-state index in [0.29, 0.717) is 0 Å². The molecule has 0 radical (unpaired) electrons. The van der Waals surface area contributed by atoms with E-state index in [4.69, 9.17) is 5.26 Å². The third kappa shape index (κ3) is 3.28. The van der Waals surface area contributed by atoms with Crippen molar-refractivity contribution >= 4 is 10.0 Å². The first kappa shape index (κ1) is 14.6. The van der Waals surface area contributed by atoms with Gasteiger partial charge in [-0.05, 0) is 32.0 Å². The van der Waals surface area contributed by atoms with E-state index in [2.05, 4.69) is 0 Å². The van der Waals surface area contributed by atoms with Crippen molar-refractivity contribution in [2.45, 2.75) is 31.2 Å². The normalized spacial score (nSPS) is 11.8. The second kappa shape index (κ2) is 5.94. The largest absolute Gasteiger partial charge is 0.243 e. The lowest BCUT2D eigenvalue weighted by atomic mass is 10.3. The number of benzene rings is 1. The lowest BCUT2D eigenvalue weighted by Crippen LogP contribution is -2.37. The van der Waals surface area contributed by atoms with E-state index in [1.165, 1.54) is 22.5 Å². The standard InChI is InChI=1S/C12H15FN2O2S/c1-10(2)15(8-4-7-14)18(16,17)12-6-3-5-11(13)9-12/h3,5-6,9-10H,4,8H2,1-2H3. The zero-order valence-electron chi connectivity index (χ0n) is 10.3. The highest BCUT2D eigenvalue weighted by Crippen LogP contribution is 2.19. The molecule has 0 aliphatic rings. The zero-order valence-corrected chi connectivity index (χ0v) is 11.1. The monoisotopic (exact) mass is 270 g/mol. The minimum atomic E-state index is -3.75. The van der Waals surface area contributed by atoms with E-state index in [-0.39, 0.29) is 23.9 Å². The summed E-state index contributed by atoms with van der Waals surface area (Å²) < 4.78 is 38.8. The van der Waals surface area contributed by atoms with E-state index in [0.717, 1.165) is 6.07 Å². The molecule has 0 heterocycles. The van der Waals surface area contributed by atoms with E-state index < -0.39 is 15.8 Å². The van der Waals surface area contributed by atoms with Crippen LogP contribution in [-0.2, 0) is 10.0 Å². The lowest BCUT2D eigenvalue weighted by molar-refractivity contribution is 0.360. The van der Waals surface area contributed by atoms with Crippen molar-refractivity contribution in [3.8, 4) is 6.07 Å². The van der Waals surface area contributed by atoms with Gasteiger partial charge in [-0.1, -0.05) is 6.07 Å². The van der Waals surface area contributed by atoms with Gasteiger partial charge in [0.25, 0.3) is 0 Å². The highest BCUT2D eigenvalue weighted by atomic mass is 32.2. The van der Waals surface area contributed by atoms with Gasteiger partial charge in [0.05, 0.1) is 11.0 Å².